The number of carbonyl (C=O) groups is 1. The Hall–Kier alpha value is -1.85. The lowest BCUT2D eigenvalue weighted by Gasteiger charge is -2.22. The Bertz CT molecular complexity index is 672. The van der Waals surface area contributed by atoms with Crippen LogP contribution in [0.2, 0.25) is 0 Å². The van der Waals surface area contributed by atoms with Crippen LogP contribution in [0.3, 0.4) is 0 Å². The lowest BCUT2D eigenvalue weighted by molar-refractivity contribution is 0.0724. The molecule has 0 spiro atoms. The number of amides is 1. The van der Waals surface area contributed by atoms with Crippen LogP contribution in [0, 0.1) is 6.92 Å². The van der Waals surface area contributed by atoms with E-state index < -0.39 is 5.60 Å². The molecule has 2 N–H and O–H groups in total. The van der Waals surface area contributed by atoms with Gasteiger partial charge in [-0.25, -0.2) is 0 Å². The summed E-state index contributed by atoms with van der Waals surface area (Å²) in [5, 5.41) is 12.9. The molecule has 0 aliphatic carbocycles. The molecule has 0 fully saturated rings. The molecule has 0 aliphatic rings. The van der Waals surface area contributed by atoms with E-state index in [4.69, 9.17) is 0 Å². The minimum absolute atomic E-state index is 0.212. The smallest absolute Gasteiger partial charge is 0.253 e. The van der Waals surface area contributed by atoms with Gasteiger partial charge in [-0.05, 0) is 32.2 Å². The van der Waals surface area contributed by atoms with Crippen LogP contribution < -0.4 is 5.32 Å². The fraction of sp³-hybridized carbons (Fsp3) is 0.333. The second kappa shape index (κ2) is 7.62. The van der Waals surface area contributed by atoms with Crippen LogP contribution in [-0.2, 0) is 0 Å². The monoisotopic (exact) mass is 330 g/mol. The van der Waals surface area contributed by atoms with E-state index in [0.717, 1.165) is 11.3 Å². The molecule has 1 atom stereocenters. The number of carbonyl (C=O) groups excluding carboxylic acids is 1. The quantitative estimate of drug-likeness (QED) is 0.855. The number of nitrogens with one attached hydrogen (secondary N) is 1. The first kappa shape index (κ1) is 17.5. The van der Waals surface area contributed by atoms with E-state index in [0.29, 0.717) is 17.0 Å². The van der Waals surface area contributed by atoms with E-state index in [-0.39, 0.29) is 12.5 Å². The van der Waals surface area contributed by atoms with Crippen LogP contribution in [0.25, 0.3) is 11.3 Å². The summed E-state index contributed by atoms with van der Waals surface area (Å²) in [6.45, 7) is 3.75. The minimum Gasteiger partial charge on any atom is -0.387 e. The second-order valence-corrected chi connectivity index (χ2v) is 6.67. The fourth-order valence-corrected chi connectivity index (χ4v) is 3.02. The van der Waals surface area contributed by atoms with Crippen molar-refractivity contribution in [2.24, 2.45) is 0 Å². The lowest BCUT2D eigenvalue weighted by Crippen LogP contribution is -2.42. The van der Waals surface area contributed by atoms with E-state index in [1.807, 2.05) is 49.6 Å². The Kier molecular flexibility index (Phi) is 5.80. The number of nitrogens with zero attached hydrogens (tertiary/aromatic N) is 1. The lowest BCUT2D eigenvalue weighted by atomic mass is 10.1. The average Bonchev–Trinajstić information content (AvgIpc) is 2.53. The Morgan fingerprint density at radius 1 is 1.26 bits per heavy atom. The van der Waals surface area contributed by atoms with Gasteiger partial charge >= 0.3 is 0 Å². The first-order valence-corrected chi connectivity index (χ1v) is 8.85. The zero-order chi connectivity index (χ0) is 16.9. The van der Waals surface area contributed by atoms with Gasteiger partial charge in [0.2, 0.25) is 0 Å². The van der Waals surface area contributed by atoms with Gasteiger partial charge in [0, 0.05) is 17.9 Å². The predicted octanol–water partition coefficient (Wildman–Crippen LogP) is 2.90. The molecule has 2 rings (SSSR count). The molecule has 0 saturated heterocycles. The number of thioether (sulfide) groups is 1. The van der Waals surface area contributed by atoms with E-state index in [1.54, 1.807) is 24.8 Å². The highest BCUT2D eigenvalue weighted by molar-refractivity contribution is 7.98. The van der Waals surface area contributed by atoms with Crippen molar-refractivity contribution in [3.8, 4) is 11.3 Å². The molecule has 1 aromatic heterocycles. The number of aliphatic hydroxyl groups is 1. The summed E-state index contributed by atoms with van der Waals surface area (Å²) in [5.41, 5.74) is 2.15. The first-order chi connectivity index (χ1) is 10.9. The van der Waals surface area contributed by atoms with Crippen molar-refractivity contribution in [1.82, 2.24) is 10.3 Å². The number of hydrogen-bond donors (Lipinski definition) is 2. The number of benzene rings is 1. The van der Waals surface area contributed by atoms with Crippen LogP contribution in [-0.4, -0.2) is 40.2 Å². The van der Waals surface area contributed by atoms with Crippen molar-refractivity contribution in [3.63, 3.8) is 0 Å². The van der Waals surface area contributed by atoms with E-state index in [1.165, 1.54) is 0 Å². The van der Waals surface area contributed by atoms with Gasteiger partial charge in [0.15, 0.2) is 0 Å². The van der Waals surface area contributed by atoms with Gasteiger partial charge in [0.05, 0.1) is 22.6 Å². The molecule has 0 radical (unpaired) electrons. The molecule has 0 aliphatic heterocycles. The second-order valence-electron chi connectivity index (χ2n) is 5.81. The molecule has 2 aromatic rings. The summed E-state index contributed by atoms with van der Waals surface area (Å²) in [6, 6.07) is 13.5. The van der Waals surface area contributed by atoms with Crippen molar-refractivity contribution in [1.29, 1.82) is 0 Å². The highest BCUT2D eigenvalue weighted by Crippen LogP contribution is 2.18. The number of hydrogen-bond acceptors (Lipinski definition) is 4. The van der Waals surface area contributed by atoms with Gasteiger partial charge in [-0.3, -0.25) is 9.78 Å². The minimum atomic E-state index is -0.916. The molecule has 0 bridgehead atoms. The largest absolute Gasteiger partial charge is 0.387 e. The van der Waals surface area contributed by atoms with E-state index >= 15 is 0 Å². The van der Waals surface area contributed by atoms with Gasteiger partial charge in [0.25, 0.3) is 5.91 Å². The number of aryl methyl sites for hydroxylation is 1. The summed E-state index contributed by atoms with van der Waals surface area (Å²) in [5.74, 6) is 0.355. The van der Waals surface area contributed by atoms with Crippen LogP contribution in [0.1, 0.15) is 23.0 Å². The van der Waals surface area contributed by atoms with Crippen molar-refractivity contribution < 1.29 is 9.90 Å². The maximum atomic E-state index is 12.3. The number of aromatic nitrogens is 1. The molecule has 4 nitrogen and oxygen atoms in total. The number of rotatable bonds is 6. The molecule has 5 heteroatoms. The first-order valence-electron chi connectivity index (χ1n) is 7.45. The topological polar surface area (TPSA) is 62.2 Å². The average molecular weight is 330 g/mol. The fourth-order valence-electron chi connectivity index (χ4n) is 2.30. The van der Waals surface area contributed by atoms with Crippen LogP contribution >= 0.6 is 11.8 Å². The Labute approximate surface area is 141 Å². The van der Waals surface area contributed by atoms with Crippen molar-refractivity contribution in [3.05, 3.63) is 53.7 Å². The van der Waals surface area contributed by atoms with Gasteiger partial charge in [-0.1, -0.05) is 30.3 Å². The van der Waals surface area contributed by atoms with Crippen LogP contribution in [0.5, 0.6) is 0 Å². The van der Waals surface area contributed by atoms with Gasteiger partial charge in [-0.2, -0.15) is 11.8 Å². The van der Waals surface area contributed by atoms with Crippen molar-refractivity contribution >= 4 is 17.7 Å². The number of pyridine rings is 1. The zero-order valence-electron chi connectivity index (χ0n) is 13.7. The van der Waals surface area contributed by atoms with E-state index in [2.05, 4.69) is 10.3 Å². The molecule has 1 heterocycles. The zero-order valence-corrected chi connectivity index (χ0v) is 14.5. The SMILES string of the molecule is CSCC(C)(O)CNC(=O)c1ccc(-c2ccccc2)nc1C. The summed E-state index contributed by atoms with van der Waals surface area (Å²) < 4.78 is 0. The molecule has 23 heavy (non-hydrogen) atoms. The van der Waals surface area contributed by atoms with Crippen LogP contribution in [0.15, 0.2) is 42.5 Å². The predicted molar refractivity (Wildman–Crippen MR) is 95.7 cm³/mol. The molecule has 1 amide bonds. The molecular formula is C18H22N2O2S. The maximum Gasteiger partial charge on any atom is 0.253 e. The van der Waals surface area contributed by atoms with Gasteiger partial charge in [0.1, 0.15) is 0 Å². The summed E-state index contributed by atoms with van der Waals surface area (Å²) in [7, 11) is 0. The summed E-state index contributed by atoms with van der Waals surface area (Å²) in [4.78, 5) is 16.8. The standard InChI is InChI=1S/C18H22N2O2S/c1-13-15(17(21)19-11-18(2,22)12-23-3)9-10-16(20-13)14-7-5-4-6-8-14/h4-10,22H,11-12H2,1-3H3,(H,19,21). The van der Waals surface area contributed by atoms with Gasteiger partial charge in [-0.15, -0.1) is 0 Å². The maximum absolute atomic E-state index is 12.3. The molecule has 122 valence electrons. The third kappa shape index (κ3) is 4.81. The Balaban J connectivity index is 2.10. The highest BCUT2D eigenvalue weighted by atomic mass is 32.2. The highest BCUT2D eigenvalue weighted by Gasteiger charge is 2.21. The molecule has 1 unspecified atom stereocenters. The Morgan fingerprint density at radius 3 is 2.57 bits per heavy atom. The van der Waals surface area contributed by atoms with Crippen molar-refractivity contribution in [2.75, 3.05) is 18.6 Å². The van der Waals surface area contributed by atoms with E-state index in [9.17, 15) is 9.90 Å². The molecule has 1 aromatic carbocycles. The Morgan fingerprint density at radius 2 is 1.96 bits per heavy atom. The van der Waals surface area contributed by atoms with Crippen molar-refractivity contribution in [2.45, 2.75) is 19.4 Å². The molecular weight excluding hydrogens is 308 g/mol. The van der Waals surface area contributed by atoms with Crippen LogP contribution in [0.4, 0.5) is 0 Å². The molecule has 0 saturated carbocycles. The van der Waals surface area contributed by atoms with Gasteiger partial charge < -0.3 is 10.4 Å². The summed E-state index contributed by atoms with van der Waals surface area (Å²) in [6.07, 6.45) is 1.92. The normalized spacial score (nSPS) is 13.4. The summed E-state index contributed by atoms with van der Waals surface area (Å²) >= 11 is 1.55. The third-order valence-electron chi connectivity index (χ3n) is 3.49. The third-order valence-corrected chi connectivity index (χ3v) is 4.40.